The van der Waals surface area contributed by atoms with Crippen LogP contribution in [0.1, 0.15) is 0 Å². The average Bonchev–Trinajstić information content (AvgIpc) is 3.34. The molecule has 4 aromatic heterocycles. The standard InChI is InChI=1S/C58H34N4/c1-2-12-42-39(10-1)32-49(44-14-4-3-13-43(42)44)40-23-19-35-25-28-50(60-53(35)33-40)41-24-20-36-26-29-51(61-54(36)34-41)55-45-15-5-7-17-47(45)56(48-18-8-6-16-46(48)55)52-30-27-38-22-21-37-11-9-31-59-57(37)58(38)62-52/h1-34H. The lowest BCUT2D eigenvalue weighted by Gasteiger charge is -2.17. The first-order valence-electron chi connectivity index (χ1n) is 21.0. The van der Waals surface area contributed by atoms with E-state index in [2.05, 4.69) is 194 Å². The van der Waals surface area contributed by atoms with Gasteiger partial charge in [-0.15, -0.1) is 0 Å². The van der Waals surface area contributed by atoms with Gasteiger partial charge in [0.2, 0.25) is 0 Å². The van der Waals surface area contributed by atoms with Crippen molar-refractivity contribution in [1.29, 1.82) is 0 Å². The van der Waals surface area contributed by atoms with Crippen LogP contribution in [0.15, 0.2) is 206 Å². The van der Waals surface area contributed by atoms with Crippen LogP contribution in [0.2, 0.25) is 0 Å². The summed E-state index contributed by atoms with van der Waals surface area (Å²) in [6.45, 7) is 0. The van der Waals surface area contributed by atoms with E-state index >= 15 is 0 Å². The first kappa shape index (κ1) is 34.5. The molecule has 0 radical (unpaired) electrons. The lowest BCUT2D eigenvalue weighted by Crippen LogP contribution is -1.95. The number of rotatable bonds is 4. The average molecular weight is 787 g/mol. The minimum absolute atomic E-state index is 0.907. The molecule has 0 aliphatic carbocycles. The Balaban J connectivity index is 0.942. The molecule has 0 N–H and O–H groups in total. The number of nitrogens with zero attached hydrogens (tertiary/aromatic N) is 4. The third-order valence-corrected chi connectivity index (χ3v) is 12.6. The summed E-state index contributed by atoms with van der Waals surface area (Å²) in [7, 11) is 0. The van der Waals surface area contributed by atoms with Crippen molar-refractivity contribution in [2.24, 2.45) is 0 Å². The molecule has 0 aliphatic heterocycles. The zero-order chi connectivity index (χ0) is 40.7. The van der Waals surface area contributed by atoms with Crippen molar-refractivity contribution in [1.82, 2.24) is 19.9 Å². The molecule has 0 spiro atoms. The molecule has 4 heteroatoms. The van der Waals surface area contributed by atoms with Crippen LogP contribution in [0, 0.1) is 0 Å². The van der Waals surface area contributed by atoms with Gasteiger partial charge in [-0.3, -0.25) is 4.98 Å². The summed E-state index contributed by atoms with van der Waals surface area (Å²) < 4.78 is 0. The van der Waals surface area contributed by atoms with Crippen LogP contribution in [-0.2, 0) is 0 Å². The van der Waals surface area contributed by atoms with Gasteiger partial charge in [0.15, 0.2) is 0 Å². The van der Waals surface area contributed by atoms with Gasteiger partial charge in [-0.1, -0.05) is 158 Å². The van der Waals surface area contributed by atoms with E-state index in [4.69, 9.17) is 19.9 Å². The van der Waals surface area contributed by atoms with Gasteiger partial charge in [-0.2, -0.15) is 0 Å². The van der Waals surface area contributed by atoms with Gasteiger partial charge in [-0.25, -0.2) is 15.0 Å². The highest BCUT2D eigenvalue weighted by molar-refractivity contribution is 6.21. The lowest BCUT2D eigenvalue weighted by atomic mass is 9.88. The Morgan fingerprint density at radius 1 is 0.274 bits per heavy atom. The van der Waals surface area contributed by atoms with Crippen molar-refractivity contribution >= 4 is 86.7 Å². The minimum atomic E-state index is 0.907. The number of hydrogen-bond acceptors (Lipinski definition) is 4. The molecule has 0 aliphatic rings. The van der Waals surface area contributed by atoms with E-state index in [-0.39, 0.29) is 0 Å². The highest BCUT2D eigenvalue weighted by atomic mass is 14.8. The molecular weight excluding hydrogens is 753 g/mol. The van der Waals surface area contributed by atoms with Gasteiger partial charge in [0.05, 0.1) is 39.1 Å². The third-order valence-electron chi connectivity index (χ3n) is 12.6. The Morgan fingerprint density at radius 2 is 0.742 bits per heavy atom. The van der Waals surface area contributed by atoms with E-state index in [0.29, 0.717) is 0 Å². The molecule has 0 atom stereocenters. The van der Waals surface area contributed by atoms with Crippen molar-refractivity contribution < 1.29 is 0 Å². The van der Waals surface area contributed by atoms with Gasteiger partial charge >= 0.3 is 0 Å². The predicted molar refractivity (Wildman–Crippen MR) is 259 cm³/mol. The zero-order valence-corrected chi connectivity index (χ0v) is 33.4. The fourth-order valence-electron chi connectivity index (χ4n) is 9.70. The van der Waals surface area contributed by atoms with Gasteiger partial charge in [0.25, 0.3) is 0 Å². The van der Waals surface area contributed by atoms with E-state index in [1.807, 2.05) is 12.3 Å². The van der Waals surface area contributed by atoms with Crippen LogP contribution in [0.4, 0.5) is 0 Å². The molecule has 0 amide bonds. The van der Waals surface area contributed by atoms with Crippen molar-refractivity contribution in [3.05, 3.63) is 206 Å². The summed E-state index contributed by atoms with van der Waals surface area (Å²) in [5, 5.41) is 13.9. The third kappa shape index (κ3) is 5.40. The van der Waals surface area contributed by atoms with E-state index in [9.17, 15) is 0 Å². The molecule has 13 rings (SSSR count). The second-order valence-corrected chi connectivity index (χ2v) is 16.1. The minimum Gasteiger partial charge on any atom is -0.254 e. The van der Waals surface area contributed by atoms with E-state index in [0.717, 1.165) is 104 Å². The Labute approximate surface area is 356 Å². The Kier molecular flexibility index (Phi) is 7.57. The fourth-order valence-corrected chi connectivity index (χ4v) is 9.70. The summed E-state index contributed by atoms with van der Waals surface area (Å²) in [6, 6.07) is 71.4. The van der Waals surface area contributed by atoms with Crippen LogP contribution in [0.3, 0.4) is 0 Å². The first-order chi connectivity index (χ1) is 30.7. The molecule has 0 saturated carbocycles. The number of aromatic nitrogens is 4. The molecule has 0 saturated heterocycles. The summed E-state index contributed by atoms with van der Waals surface area (Å²) in [5.74, 6) is 0. The van der Waals surface area contributed by atoms with Crippen LogP contribution in [0.5, 0.6) is 0 Å². The first-order valence-corrected chi connectivity index (χ1v) is 21.0. The van der Waals surface area contributed by atoms with Crippen LogP contribution < -0.4 is 0 Å². The molecule has 4 heterocycles. The maximum absolute atomic E-state index is 5.43. The maximum atomic E-state index is 5.43. The summed E-state index contributed by atoms with van der Waals surface area (Å²) in [5.41, 5.74) is 12.1. The molecule has 0 fully saturated rings. The van der Waals surface area contributed by atoms with Gasteiger partial charge in [0, 0.05) is 44.4 Å². The highest BCUT2D eigenvalue weighted by Crippen LogP contribution is 2.44. The summed E-state index contributed by atoms with van der Waals surface area (Å²) in [6.07, 6.45) is 1.84. The lowest BCUT2D eigenvalue weighted by molar-refractivity contribution is 1.38. The molecule has 0 bridgehead atoms. The SMILES string of the molecule is c1ccc2c(c1)cc(-c1ccc3ccc(-c4ccc5ccc(-c6c7ccccc7c(-c7ccc8ccc9cccnc9c8n7)c7ccccc67)nc5c4)nc3c1)c1ccccc12. The molecule has 286 valence electrons. The van der Waals surface area contributed by atoms with E-state index in [1.165, 1.54) is 27.1 Å². The topological polar surface area (TPSA) is 51.6 Å². The summed E-state index contributed by atoms with van der Waals surface area (Å²) >= 11 is 0. The predicted octanol–water partition coefficient (Wildman–Crippen LogP) is 15.2. The molecular formula is C58H34N4. The zero-order valence-electron chi connectivity index (χ0n) is 33.4. The van der Waals surface area contributed by atoms with E-state index in [1.54, 1.807) is 0 Å². The normalized spacial score (nSPS) is 11.9. The van der Waals surface area contributed by atoms with Gasteiger partial charge in [0.1, 0.15) is 0 Å². The van der Waals surface area contributed by atoms with Crippen molar-refractivity contribution in [3.63, 3.8) is 0 Å². The number of fused-ring (bicyclic) bond motifs is 10. The molecule has 4 nitrogen and oxygen atoms in total. The Bertz CT molecular complexity index is 3940. The molecule has 13 aromatic rings. The van der Waals surface area contributed by atoms with Crippen LogP contribution in [-0.4, -0.2) is 19.9 Å². The quantitative estimate of drug-likeness (QED) is 0.132. The largest absolute Gasteiger partial charge is 0.254 e. The Hall–Kier alpha value is -8.34. The number of hydrogen-bond donors (Lipinski definition) is 0. The molecule has 0 unspecified atom stereocenters. The number of benzene rings is 9. The smallest absolute Gasteiger partial charge is 0.0972 e. The molecule has 62 heavy (non-hydrogen) atoms. The monoisotopic (exact) mass is 786 g/mol. The fraction of sp³-hybridized carbons (Fsp3) is 0. The highest BCUT2D eigenvalue weighted by Gasteiger charge is 2.19. The van der Waals surface area contributed by atoms with Crippen molar-refractivity contribution in [2.75, 3.05) is 0 Å². The van der Waals surface area contributed by atoms with Gasteiger partial charge < -0.3 is 0 Å². The molecule has 9 aromatic carbocycles. The number of pyridine rings is 4. The van der Waals surface area contributed by atoms with Gasteiger partial charge in [-0.05, 0) is 96.7 Å². The van der Waals surface area contributed by atoms with Crippen molar-refractivity contribution in [2.45, 2.75) is 0 Å². The second kappa shape index (κ2) is 13.6. The maximum Gasteiger partial charge on any atom is 0.0972 e. The Morgan fingerprint density at radius 3 is 1.44 bits per heavy atom. The van der Waals surface area contributed by atoms with Crippen LogP contribution >= 0.6 is 0 Å². The summed E-state index contributed by atoms with van der Waals surface area (Å²) in [4.78, 5) is 20.8. The second-order valence-electron chi connectivity index (χ2n) is 16.1. The van der Waals surface area contributed by atoms with Crippen LogP contribution in [0.25, 0.3) is 132 Å². The van der Waals surface area contributed by atoms with E-state index < -0.39 is 0 Å². The van der Waals surface area contributed by atoms with Crippen molar-refractivity contribution in [3.8, 4) is 44.9 Å².